The molecule has 0 radical (unpaired) electrons. The Balaban J connectivity index is 2.33. The van der Waals surface area contributed by atoms with Gasteiger partial charge in [0, 0.05) is 18.0 Å². The molecule has 1 aromatic carbocycles. The summed E-state index contributed by atoms with van der Waals surface area (Å²) in [7, 11) is 0. The molecule has 0 atom stereocenters. The van der Waals surface area contributed by atoms with Crippen molar-refractivity contribution in [3.8, 4) is 0 Å². The fraction of sp³-hybridized carbons (Fsp3) is 0.333. The van der Waals surface area contributed by atoms with Crippen molar-refractivity contribution in [3.05, 3.63) is 40.4 Å². The number of ketones is 1. The summed E-state index contributed by atoms with van der Waals surface area (Å²) < 4.78 is 0. The van der Waals surface area contributed by atoms with E-state index in [1.807, 2.05) is 0 Å². The molecule has 19 heavy (non-hydrogen) atoms. The van der Waals surface area contributed by atoms with Crippen LogP contribution in [0.1, 0.15) is 42.4 Å². The van der Waals surface area contributed by atoms with Gasteiger partial charge >= 0.3 is 0 Å². The summed E-state index contributed by atoms with van der Waals surface area (Å²) in [4.78, 5) is 15.6. The standard InChI is InChI=1S/C15H18N2OS/c1-4-11-7-6-8-12(5-2)14(11)17-15-16-13(9-19-15)10(3)18/h6-9H,4-5H2,1-3H3,(H,16,17). The SMILES string of the molecule is CCc1cccc(CC)c1Nc1nc(C(C)=O)cs1. The number of anilines is 2. The fourth-order valence-electron chi connectivity index (χ4n) is 2.00. The topological polar surface area (TPSA) is 42.0 Å². The molecular formula is C15H18N2OS. The number of hydrogen-bond donors (Lipinski definition) is 1. The van der Waals surface area contributed by atoms with Crippen molar-refractivity contribution < 1.29 is 4.79 Å². The van der Waals surface area contributed by atoms with Gasteiger partial charge in [0.2, 0.25) is 0 Å². The smallest absolute Gasteiger partial charge is 0.187 e. The van der Waals surface area contributed by atoms with Crippen LogP contribution in [0.25, 0.3) is 0 Å². The Labute approximate surface area is 117 Å². The normalized spacial score (nSPS) is 10.5. The van der Waals surface area contributed by atoms with Crippen molar-refractivity contribution in [2.45, 2.75) is 33.6 Å². The number of carbonyl (C=O) groups excluding carboxylic acids is 1. The Kier molecular flexibility index (Phi) is 4.32. The number of thiazole rings is 1. The molecule has 4 heteroatoms. The fourth-order valence-corrected chi connectivity index (χ4v) is 2.76. The Morgan fingerprint density at radius 2 is 1.89 bits per heavy atom. The van der Waals surface area contributed by atoms with Gasteiger partial charge < -0.3 is 5.32 Å². The first kappa shape index (κ1) is 13.7. The van der Waals surface area contributed by atoms with Crippen LogP contribution in [-0.2, 0) is 12.8 Å². The van der Waals surface area contributed by atoms with Gasteiger partial charge in [0.15, 0.2) is 10.9 Å². The highest BCUT2D eigenvalue weighted by molar-refractivity contribution is 7.14. The van der Waals surface area contributed by atoms with Crippen LogP contribution in [0, 0.1) is 0 Å². The molecular weight excluding hydrogens is 256 g/mol. The van der Waals surface area contributed by atoms with Crippen molar-refractivity contribution in [1.82, 2.24) is 4.98 Å². The number of carbonyl (C=O) groups is 1. The molecule has 0 saturated carbocycles. The van der Waals surface area contributed by atoms with Gasteiger partial charge in [0.05, 0.1) is 0 Å². The third kappa shape index (κ3) is 3.01. The number of nitrogens with zero attached hydrogens (tertiary/aromatic N) is 1. The molecule has 3 nitrogen and oxygen atoms in total. The van der Waals surface area contributed by atoms with Gasteiger partial charge in [-0.15, -0.1) is 11.3 Å². The largest absolute Gasteiger partial charge is 0.331 e. The van der Waals surface area contributed by atoms with Crippen LogP contribution >= 0.6 is 11.3 Å². The second kappa shape index (κ2) is 5.97. The zero-order chi connectivity index (χ0) is 13.8. The molecule has 0 aliphatic carbocycles. The van der Waals surface area contributed by atoms with Crippen LogP contribution in [0.5, 0.6) is 0 Å². The summed E-state index contributed by atoms with van der Waals surface area (Å²) in [6.45, 7) is 5.82. The zero-order valence-corrected chi connectivity index (χ0v) is 12.3. The van der Waals surface area contributed by atoms with Gasteiger partial charge in [-0.3, -0.25) is 4.79 Å². The Hall–Kier alpha value is -1.68. The van der Waals surface area contributed by atoms with E-state index >= 15 is 0 Å². The quantitative estimate of drug-likeness (QED) is 0.830. The molecule has 2 rings (SSSR count). The summed E-state index contributed by atoms with van der Waals surface area (Å²) >= 11 is 1.47. The van der Waals surface area contributed by atoms with Crippen molar-refractivity contribution in [2.75, 3.05) is 5.32 Å². The number of aryl methyl sites for hydroxylation is 2. The molecule has 0 aliphatic rings. The molecule has 0 unspecified atom stereocenters. The number of para-hydroxylation sites is 1. The molecule has 0 aliphatic heterocycles. The minimum atomic E-state index is 0.00351. The molecule has 2 aromatic rings. The van der Waals surface area contributed by atoms with E-state index in [9.17, 15) is 4.79 Å². The Morgan fingerprint density at radius 1 is 1.26 bits per heavy atom. The molecule has 1 heterocycles. The number of Topliss-reactive ketones (excluding diaryl/α,β-unsaturated/α-hetero) is 1. The summed E-state index contributed by atoms with van der Waals surface area (Å²) in [6.07, 6.45) is 1.95. The van der Waals surface area contributed by atoms with E-state index in [1.165, 1.54) is 29.4 Å². The average molecular weight is 274 g/mol. The Bertz CT molecular complexity index is 567. The maximum Gasteiger partial charge on any atom is 0.187 e. The summed E-state index contributed by atoms with van der Waals surface area (Å²) in [6, 6.07) is 6.34. The highest BCUT2D eigenvalue weighted by atomic mass is 32.1. The van der Waals surface area contributed by atoms with E-state index < -0.39 is 0 Å². The van der Waals surface area contributed by atoms with E-state index in [1.54, 1.807) is 5.38 Å². The summed E-state index contributed by atoms with van der Waals surface area (Å²) in [5.74, 6) is 0.00351. The van der Waals surface area contributed by atoms with E-state index in [4.69, 9.17) is 0 Å². The molecule has 100 valence electrons. The number of nitrogens with one attached hydrogen (secondary N) is 1. The molecule has 0 saturated heterocycles. The second-order valence-electron chi connectivity index (χ2n) is 4.38. The predicted octanol–water partition coefficient (Wildman–Crippen LogP) is 4.21. The van der Waals surface area contributed by atoms with Crippen LogP contribution in [0.4, 0.5) is 10.8 Å². The van der Waals surface area contributed by atoms with Crippen molar-refractivity contribution in [1.29, 1.82) is 0 Å². The number of rotatable bonds is 5. The lowest BCUT2D eigenvalue weighted by molar-refractivity contribution is 0.101. The van der Waals surface area contributed by atoms with Crippen LogP contribution in [0.3, 0.4) is 0 Å². The van der Waals surface area contributed by atoms with Crippen LogP contribution in [0.2, 0.25) is 0 Å². The number of hydrogen-bond acceptors (Lipinski definition) is 4. The summed E-state index contributed by atoms with van der Waals surface area (Å²) in [5.41, 5.74) is 4.22. The van der Waals surface area contributed by atoms with Crippen LogP contribution in [0.15, 0.2) is 23.6 Å². The third-order valence-electron chi connectivity index (χ3n) is 3.10. The Morgan fingerprint density at radius 3 is 2.37 bits per heavy atom. The van der Waals surface area contributed by atoms with Gasteiger partial charge in [-0.25, -0.2) is 4.98 Å². The first-order valence-corrected chi connectivity index (χ1v) is 7.37. The van der Waals surface area contributed by atoms with E-state index in [0.717, 1.165) is 23.7 Å². The second-order valence-corrected chi connectivity index (χ2v) is 5.24. The minimum absolute atomic E-state index is 0.00351. The van der Waals surface area contributed by atoms with Gasteiger partial charge in [-0.2, -0.15) is 0 Å². The van der Waals surface area contributed by atoms with Gasteiger partial charge in [-0.1, -0.05) is 32.0 Å². The number of aromatic nitrogens is 1. The highest BCUT2D eigenvalue weighted by Crippen LogP contribution is 2.28. The van der Waals surface area contributed by atoms with E-state index in [-0.39, 0.29) is 5.78 Å². The van der Waals surface area contributed by atoms with Gasteiger partial charge in [0.25, 0.3) is 0 Å². The molecule has 0 spiro atoms. The predicted molar refractivity (Wildman–Crippen MR) is 80.6 cm³/mol. The first-order chi connectivity index (χ1) is 9.15. The molecule has 0 bridgehead atoms. The summed E-state index contributed by atoms with van der Waals surface area (Å²) in [5, 5.41) is 5.95. The van der Waals surface area contributed by atoms with Crippen LogP contribution in [-0.4, -0.2) is 10.8 Å². The zero-order valence-electron chi connectivity index (χ0n) is 11.5. The third-order valence-corrected chi connectivity index (χ3v) is 3.85. The minimum Gasteiger partial charge on any atom is -0.331 e. The maximum atomic E-state index is 11.3. The van der Waals surface area contributed by atoms with E-state index in [0.29, 0.717) is 5.69 Å². The lowest BCUT2D eigenvalue weighted by Gasteiger charge is -2.13. The van der Waals surface area contributed by atoms with E-state index in [2.05, 4.69) is 42.3 Å². The first-order valence-electron chi connectivity index (χ1n) is 6.50. The average Bonchev–Trinajstić information content (AvgIpc) is 2.87. The molecule has 1 N–H and O–H groups in total. The molecule has 1 aromatic heterocycles. The highest BCUT2D eigenvalue weighted by Gasteiger charge is 2.10. The van der Waals surface area contributed by atoms with Crippen molar-refractivity contribution in [2.24, 2.45) is 0 Å². The van der Waals surface area contributed by atoms with Crippen LogP contribution < -0.4 is 5.32 Å². The lowest BCUT2D eigenvalue weighted by Crippen LogP contribution is -2.00. The number of benzene rings is 1. The maximum absolute atomic E-state index is 11.3. The molecule has 0 fully saturated rings. The molecule has 0 amide bonds. The van der Waals surface area contributed by atoms with Crippen molar-refractivity contribution >= 4 is 27.9 Å². The van der Waals surface area contributed by atoms with Gasteiger partial charge in [0.1, 0.15) is 5.69 Å². The van der Waals surface area contributed by atoms with Crippen molar-refractivity contribution in [3.63, 3.8) is 0 Å². The monoisotopic (exact) mass is 274 g/mol. The van der Waals surface area contributed by atoms with Gasteiger partial charge in [-0.05, 0) is 24.0 Å². The lowest BCUT2D eigenvalue weighted by atomic mass is 10.0.